The second-order valence-corrected chi connectivity index (χ2v) is 5.93. The Morgan fingerprint density at radius 1 is 1.50 bits per heavy atom. The molecular weight excluding hydrogens is 258 g/mol. The Hall–Kier alpha value is -1.63. The molecule has 0 aromatic carbocycles. The van der Waals surface area contributed by atoms with Gasteiger partial charge in [-0.1, -0.05) is 26.7 Å². The topological polar surface area (TPSA) is 99.0 Å². The van der Waals surface area contributed by atoms with E-state index in [1.807, 2.05) is 13.8 Å². The van der Waals surface area contributed by atoms with E-state index in [4.69, 9.17) is 5.73 Å². The predicted octanol–water partition coefficient (Wildman–Crippen LogP) is 2.14. The molecule has 1 aliphatic rings. The second kappa shape index (κ2) is 5.40. The van der Waals surface area contributed by atoms with Gasteiger partial charge >= 0.3 is 5.69 Å². The van der Waals surface area contributed by atoms with Crippen molar-refractivity contribution in [2.45, 2.75) is 51.0 Å². The number of hydrogen-bond acceptors (Lipinski definition) is 5. The first-order valence-electron chi connectivity index (χ1n) is 7.10. The fraction of sp³-hybridized carbons (Fsp3) is 0.769. The standard InChI is InChI=1S/C13H23N5O2/c1-9(2)10-11(18(19)20)12(17(3)16-10)15-13(8-14)6-4-5-7-13/h9,15H,4-8,14H2,1-3H3. The van der Waals surface area contributed by atoms with Crippen molar-refractivity contribution in [3.8, 4) is 0 Å². The first kappa shape index (κ1) is 14.8. The number of anilines is 1. The molecule has 7 heteroatoms. The lowest BCUT2D eigenvalue weighted by Crippen LogP contribution is -2.43. The van der Waals surface area contributed by atoms with E-state index in [-0.39, 0.29) is 22.1 Å². The van der Waals surface area contributed by atoms with Crippen LogP contribution in [0.4, 0.5) is 11.5 Å². The summed E-state index contributed by atoms with van der Waals surface area (Å²) < 4.78 is 1.57. The highest BCUT2D eigenvalue weighted by molar-refractivity contribution is 5.62. The quantitative estimate of drug-likeness (QED) is 0.636. The highest BCUT2D eigenvalue weighted by Gasteiger charge is 2.37. The number of nitrogens with zero attached hydrogens (tertiary/aromatic N) is 3. The van der Waals surface area contributed by atoms with Crippen molar-refractivity contribution in [3.05, 3.63) is 15.8 Å². The molecule has 0 aliphatic heterocycles. The average Bonchev–Trinajstić information content (AvgIpc) is 2.96. The highest BCUT2D eigenvalue weighted by Crippen LogP contribution is 2.38. The maximum Gasteiger partial charge on any atom is 0.334 e. The molecule has 1 fully saturated rings. The maximum atomic E-state index is 11.4. The minimum atomic E-state index is -0.343. The number of hydrogen-bond donors (Lipinski definition) is 2. The van der Waals surface area contributed by atoms with Gasteiger partial charge in [0.2, 0.25) is 5.82 Å². The van der Waals surface area contributed by atoms with Gasteiger partial charge in [-0.05, 0) is 12.8 Å². The number of nitro groups is 1. The van der Waals surface area contributed by atoms with Gasteiger partial charge in [-0.2, -0.15) is 5.10 Å². The normalized spacial score (nSPS) is 17.6. The van der Waals surface area contributed by atoms with Crippen molar-refractivity contribution in [2.24, 2.45) is 12.8 Å². The molecule has 0 bridgehead atoms. The molecule has 1 heterocycles. The Balaban J connectivity index is 2.43. The van der Waals surface area contributed by atoms with Gasteiger partial charge < -0.3 is 11.1 Å². The van der Waals surface area contributed by atoms with Gasteiger partial charge in [0.1, 0.15) is 5.69 Å². The molecule has 2 rings (SSSR count). The molecule has 1 aromatic heterocycles. The summed E-state index contributed by atoms with van der Waals surface area (Å²) in [5, 5.41) is 19.0. The van der Waals surface area contributed by atoms with Crippen LogP contribution in [-0.4, -0.2) is 26.8 Å². The van der Waals surface area contributed by atoms with Gasteiger partial charge in [0.05, 0.1) is 10.5 Å². The van der Waals surface area contributed by atoms with Crippen LogP contribution in [0.2, 0.25) is 0 Å². The maximum absolute atomic E-state index is 11.4. The lowest BCUT2D eigenvalue weighted by Gasteiger charge is -2.29. The fourth-order valence-corrected chi connectivity index (χ4v) is 2.93. The predicted molar refractivity (Wildman–Crippen MR) is 77.8 cm³/mol. The highest BCUT2D eigenvalue weighted by atomic mass is 16.6. The van der Waals surface area contributed by atoms with E-state index in [0.29, 0.717) is 18.1 Å². The molecule has 1 aliphatic carbocycles. The molecule has 112 valence electrons. The Bertz CT molecular complexity index is 503. The van der Waals surface area contributed by atoms with Gasteiger partial charge in [0.15, 0.2) is 0 Å². The first-order valence-corrected chi connectivity index (χ1v) is 7.10. The number of aryl methyl sites for hydroxylation is 1. The molecule has 0 saturated heterocycles. The molecule has 0 spiro atoms. The van der Waals surface area contributed by atoms with Crippen molar-refractivity contribution < 1.29 is 4.92 Å². The largest absolute Gasteiger partial charge is 0.358 e. The average molecular weight is 281 g/mol. The van der Waals surface area contributed by atoms with Crippen LogP contribution in [-0.2, 0) is 7.05 Å². The molecular formula is C13H23N5O2. The van der Waals surface area contributed by atoms with Crippen LogP contribution in [0.3, 0.4) is 0 Å². The van der Waals surface area contributed by atoms with E-state index >= 15 is 0 Å². The molecule has 1 saturated carbocycles. The Morgan fingerprint density at radius 3 is 2.55 bits per heavy atom. The molecule has 1 aromatic rings. The van der Waals surface area contributed by atoms with Crippen molar-refractivity contribution in [3.63, 3.8) is 0 Å². The van der Waals surface area contributed by atoms with Gasteiger partial charge in [0, 0.05) is 19.5 Å². The Morgan fingerprint density at radius 2 is 2.10 bits per heavy atom. The van der Waals surface area contributed by atoms with Gasteiger partial charge in [-0.15, -0.1) is 0 Å². The van der Waals surface area contributed by atoms with E-state index in [0.717, 1.165) is 25.7 Å². The van der Waals surface area contributed by atoms with Gasteiger partial charge in [-0.3, -0.25) is 10.1 Å². The summed E-state index contributed by atoms with van der Waals surface area (Å²) >= 11 is 0. The number of aromatic nitrogens is 2. The molecule has 0 radical (unpaired) electrons. The third-order valence-corrected chi connectivity index (χ3v) is 4.11. The van der Waals surface area contributed by atoms with E-state index in [2.05, 4.69) is 10.4 Å². The van der Waals surface area contributed by atoms with Crippen molar-refractivity contribution >= 4 is 11.5 Å². The van der Waals surface area contributed by atoms with Gasteiger partial charge in [0.25, 0.3) is 0 Å². The summed E-state index contributed by atoms with van der Waals surface area (Å²) in [6.45, 7) is 4.30. The molecule has 7 nitrogen and oxygen atoms in total. The van der Waals surface area contributed by atoms with Gasteiger partial charge in [-0.25, -0.2) is 4.68 Å². The zero-order valence-electron chi connectivity index (χ0n) is 12.3. The third-order valence-electron chi connectivity index (χ3n) is 4.11. The molecule has 3 N–H and O–H groups in total. The summed E-state index contributed by atoms with van der Waals surface area (Å²) in [5.74, 6) is 0.487. The van der Waals surface area contributed by atoms with Crippen LogP contribution in [0, 0.1) is 10.1 Å². The Labute approximate surface area is 118 Å². The SMILES string of the molecule is CC(C)c1nn(C)c(NC2(CN)CCCC2)c1[N+](=O)[O-]. The molecule has 0 unspecified atom stereocenters. The summed E-state index contributed by atoms with van der Waals surface area (Å²) in [6, 6.07) is 0. The van der Waals surface area contributed by atoms with E-state index < -0.39 is 0 Å². The zero-order chi connectivity index (χ0) is 14.9. The molecule has 0 amide bonds. The summed E-state index contributed by atoms with van der Waals surface area (Å²) in [4.78, 5) is 11.1. The summed E-state index contributed by atoms with van der Waals surface area (Å²) in [6.07, 6.45) is 4.10. The second-order valence-electron chi connectivity index (χ2n) is 5.93. The van der Waals surface area contributed by atoms with Crippen molar-refractivity contribution in [1.82, 2.24) is 9.78 Å². The van der Waals surface area contributed by atoms with E-state index in [1.54, 1.807) is 11.7 Å². The van der Waals surface area contributed by atoms with Crippen LogP contribution >= 0.6 is 0 Å². The van der Waals surface area contributed by atoms with Crippen LogP contribution in [0.1, 0.15) is 51.1 Å². The monoisotopic (exact) mass is 281 g/mol. The van der Waals surface area contributed by atoms with Crippen LogP contribution < -0.4 is 11.1 Å². The lowest BCUT2D eigenvalue weighted by atomic mass is 9.97. The third kappa shape index (κ3) is 2.49. The molecule has 0 atom stereocenters. The number of nitrogens with one attached hydrogen (secondary N) is 1. The minimum absolute atomic E-state index is 0.00885. The first-order chi connectivity index (χ1) is 9.40. The smallest absolute Gasteiger partial charge is 0.334 e. The zero-order valence-corrected chi connectivity index (χ0v) is 12.3. The summed E-state index contributed by atoms with van der Waals surface area (Å²) in [7, 11) is 1.74. The van der Waals surface area contributed by atoms with Crippen LogP contribution in [0.25, 0.3) is 0 Å². The molecule has 20 heavy (non-hydrogen) atoms. The Kier molecular flexibility index (Phi) is 3.99. The van der Waals surface area contributed by atoms with E-state index in [9.17, 15) is 10.1 Å². The number of rotatable bonds is 5. The van der Waals surface area contributed by atoms with Crippen molar-refractivity contribution in [2.75, 3.05) is 11.9 Å². The van der Waals surface area contributed by atoms with E-state index in [1.165, 1.54) is 0 Å². The van der Waals surface area contributed by atoms with Crippen molar-refractivity contribution in [1.29, 1.82) is 0 Å². The minimum Gasteiger partial charge on any atom is -0.358 e. The van der Waals surface area contributed by atoms with Crippen LogP contribution in [0.15, 0.2) is 0 Å². The lowest BCUT2D eigenvalue weighted by molar-refractivity contribution is -0.384. The fourth-order valence-electron chi connectivity index (χ4n) is 2.93. The number of nitrogens with two attached hydrogens (primary N) is 1. The summed E-state index contributed by atoms with van der Waals surface area (Å²) in [5.41, 5.74) is 6.27. The van der Waals surface area contributed by atoms with Crippen LogP contribution in [0.5, 0.6) is 0 Å².